The molecule has 0 bridgehead atoms. The molecule has 1 atom stereocenters. The molecule has 1 fully saturated rings. The molecule has 134 valence electrons. The number of ether oxygens (including phenoxy) is 1. The monoisotopic (exact) mass is 341 g/mol. The summed E-state index contributed by atoms with van der Waals surface area (Å²) in [6, 6.07) is 8.21. The number of guanidine groups is 1. The minimum Gasteiger partial charge on any atom is -0.497 e. The summed E-state index contributed by atoms with van der Waals surface area (Å²) < 4.78 is 7.16. The van der Waals surface area contributed by atoms with Crippen LogP contribution in [-0.4, -0.2) is 54.4 Å². The SMILES string of the molecule is CN=C(NCCc1cccc(OC)c1)N1CCC(c2cnn(C)c2)C1. The molecule has 1 N–H and O–H groups in total. The summed E-state index contributed by atoms with van der Waals surface area (Å²) in [5, 5.41) is 7.78. The first-order valence-electron chi connectivity index (χ1n) is 8.76. The Morgan fingerprint density at radius 2 is 2.32 bits per heavy atom. The maximum Gasteiger partial charge on any atom is 0.193 e. The van der Waals surface area contributed by atoms with Crippen LogP contribution >= 0.6 is 0 Å². The molecule has 3 rings (SSSR count). The molecule has 6 heteroatoms. The van der Waals surface area contributed by atoms with Crippen LogP contribution < -0.4 is 10.1 Å². The zero-order chi connectivity index (χ0) is 17.6. The molecule has 0 saturated carbocycles. The quantitative estimate of drug-likeness (QED) is 0.668. The summed E-state index contributed by atoms with van der Waals surface area (Å²) in [5.41, 5.74) is 2.58. The lowest BCUT2D eigenvalue weighted by atomic mass is 10.0. The zero-order valence-electron chi connectivity index (χ0n) is 15.3. The van der Waals surface area contributed by atoms with Crippen molar-refractivity contribution in [3.8, 4) is 5.75 Å². The van der Waals surface area contributed by atoms with E-state index in [0.29, 0.717) is 5.92 Å². The Morgan fingerprint density at radius 3 is 3.04 bits per heavy atom. The number of benzene rings is 1. The third-order valence-corrected chi connectivity index (χ3v) is 4.73. The number of methoxy groups -OCH3 is 1. The number of aliphatic imine (C=N–C) groups is 1. The Balaban J connectivity index is 1.51. The summed E-state index contributed by atoms with van der Waals surface area (Å²) in [7, 11) is 5.52. The minimum absolute atomic E-state index is 0.533. The van der Waals surface area contributed by atoms with E-state index in [9.17, 15) is 0 Å². The molecular formula is C19H27N5O. The predicted molar refractivity (Wildman–Crippen MR) is 100 cm³/mol. The van der Waals surface area contributed by atoms with Gasteiger partial charge in [0.05, 0.1) is 13.3 Å². The smallest absolute Gasteiger partial charge is 0.193 e. The lowest BCUT2D eigenvalue weighted by Gasteiger charge is -2.21. The maximum absolute atomic E-state index is 5.28. The highest BCUT2D eigenvalue weighted by molar-refractivity contribution is 5.80. The predicted octanol–water partition coefficient (Wildman–Crippen LogP) is 2.04. The molecule has 0 amide bonds. The fourth-order valence-electron chi connectivity index (χ4n) is 3.35. The van der Waals surface area contributed by atoms with Crippen LogP contribution in [0, 0.1) is 0 Å². The van der Waals surface area contributed by atoms with E-state index in [1.807, 2.05) is 37.1 Å². The van der Waals surface area contributed by atoms with E-state index >= 15 is 0 Å². The normalized spacial score (nSPS) is 17.8. The van der Waals surface area contributed by atoms with Crippen LogP contribution in [0.15, 0.2) is 41.7 Å². The highest BCUT2D eigenvalue weighted by Gasteiger charge is 2.26. The van der Waals surface area contributed by atoms with Crippen molar-refractivity contribution in [1.82, 2.24) is 20.0 Å². The van der Waals surface area contributed by atoms with Crippen molar-refractivity contribution in [2.24, 2.45) is 12.0 Å². The van der Waals surface area contributed by atoms with Crippen molar-refractivity contribution in [2.75, 3.05) is 33.8 Å². The van der Waals surface area contributed by atoms with Crippen molar-refractivity contribution in [3.05, 3.63) is 47.8 Å². The van der Waals surface area contributed by atoms with E-state index in [1.54, 1.807) is 7.11 Å². The van der Waals surface area contributed by atoms with Crippen molar-refractivity contribution in [3.63, 3.8) is 0 Å². The van der Waals surface area contributed by atoms with Crippen LogP contribution in [0.4, 0.5) is 0 Å². The van der Waals surface area contributed by atoms with Crippen LogP contribution in [0.25, 0.3) is 0 Å². The van der Waals surface area contributed by atoms with E-state index in [2.05, 4.69) is 38.6 Å². The Labute approximate surface area is 149 Å². The number of nitrogens with one attached hydrogen (secondary N) is 1. The molecule has 2 aromatic rings. The summed E-state index contributed by atoms with van der Waals surface area (Å²) in [5.74, 6) is 2.42. The van der Waals surface area contributed by atoms with Crippen molar-refractivity contribution in [1.29, 1.82) is 0 Å². The summed E-state index contributed by atoms with van der Waals surface area (Å²) in [4.78, 5) is 6.79. The number of hydrogen-bond donors (Lipinski definition) is 1. The number of aromatic nitrogens is 2. The van der Waals surface area contributed by atoms with Crippen molar-refractivity contribution < 1.29 is 4.74 Å². The Bertz CT molecular complexity index is 724. The third-order valence-electron chi connectivity index (χ3n) is 4.73. The number of rotatable bonds is 5. The molecule has 2 heterocycles. The van der Waals surface area contributed by atoms with Crippen LogP contribution in [0.2, 0.25) is 0 Å². The molecule has 0 spiro atoms. The van der Waals surface area contributed by atoms with E-state index in [4.69, 9.17) is 4.74 Å². The second-order valence-corrected chi connectivity index (χ2v) is 6.45. The van der Waals surface area contributed by atoms with Gasteiger partial charge >= 0.3 is 0 Å². The van der Waals surface area contributed by atoms with Gasteiger partial charge in [0.15, 0.2) is 5.96 Å². The second-order valence-electron chi connectivity index (χ2n) is 6.45. The third kappa shape index (κ3) is 4.32. The molecular weight excluding hydrogens is 314 g/mol. The molecule has 1 unspecified atom stereocenters. The average Bonchev–Trinajstić information content (AvgIpc) is 3.28. The van der Waals surface area contributed by atoms with E-state index in [0.717, 1.165) is 44.2 Å². The Morgan fingerprint density at radius 1 is 1.44 bits per heavy atom. The standard InChI is InChI=1S/C19H27N5O/c1-20-19(21-9-7-15-5-4-6-18(11-15)25-3)24-10-8-16(14-24)17-12-22-23(2)13-17/h4-6,11-13,16H,7-10,14H2,1-3H3,(H,20,21). The first-order chi connectivity index (χ1) is 12.2. The van der Waals surface area contributed by atoms with Crippen LogP contribution in [0.1, 0.15) is 23.5 Å². The van der Waals surface area contributed by atoms with Gasteiger partial charge in [-0.15, -0.1) is 0 Å². The molecule has 25 heavy (non-hydrogen) atoms. The molecule has 1 aromatic carbocycles. The van der Waals surface area contributed by atoms with Gasteiger partial charge in [-0.25, -0.2) is 0 Å². The average molecular weight is 341 g/mol. The number of nitrogens with zero attached hydrogens (tertiary/aromatic N) is 4. The first kappa shape index (κ1) is 17.3. The van der Waals surface area contributed by atoms with Gasteiger partial charge in [-0.3, -0.25) is 9.67 Å². The lowest BCUT2D eigenvalue weighted by molar-refractivity contribution is 0.414. The number of hydrogen-bond acceptors (Lipinski definition) is 3. The maximum atomic E-state index is 5.28. The minimum atomic E-state index is 0.533. The molecule has 0 aliphatic carbocycles. The number of aryl methyl sites for hydroxylation is 1. The van der Waals surface area contributed by atoms with Gasteiger partial charge in [0.2, 0.25) is 0 Å². The molecule has 1 aromatic heterocycles. The van der Waals surface area contributed by atoms with Gasteiger partial charge in [0, 0.05) is 45.8 Å². The fourth-order valence-corrected chi connectivity index (χ4v) is 3.35. The summed E-state index contributed by atoms with van der Waals surface area (Å²) >= 11 is 0. The van der Waals surface area contributed by atoms with Gasteiger partial charge in [-0.2, -0.15) is 5.10 Å². The van der Waals surface area contributed by atoms with Gasteiger partial charge < -0.3 is 15.0 Å². The number of likely N-dealkylation sites (tertiary alicyclic amines) is 1. The van der Waals surface area contributed by atoms with E-state index < -0.39 is 0 Å². The lowest BCUT2D eigenvalue weighted by Crippen LogP contribution is -2.40. The van der Waals surface area contributed by atoms with E-state index in [-0.39, 0.29) is 0 Å². The Hall–Kier alpha value is -2.50. The zero-order valence-corrected chi connectivity index (χ0v) is 15.3. The van der Waals surface area contributed by atoms with Crippen LogP contribution in [-0.2, 0) is 13.5 Å². The first-order valence-corrected chi connectivity index (χ1v) is 8.76. The highest BCUT2D eigenvalue weighted by atomic mass is 16.5. The fraction of sp³-hybridized carbons (Fsp3) is 0.474. The van der Waals surface area contributed by atoms with Crippen molar-refractivity contribution >= 4 is 5.96 Å². The van der Waals surface area contributed by atoms with E-state index in [1.165, 1.54) is 11.1 Å². The summed E-state index contributed by atoms with van der Waals surface area (Å²) in [6.07, 6.45) is 6.18. The van der Waals surface area contributed by atoms with Crippen LogP contribution in [0.5, 0.6) is 5.75 Å². The molecule has 1 saturated heterocycles. The molecule has 1 aliphatic rings. The van der Waals surface area contributed by atoms with Gasteiger partial charge in [-0.05, 0) is 36.1 Å². The molecule has 1 aliphatic heterocycles. The topological polar surface area (TPSA) is 54.7 Å². The van der Waals surface area contributed by atoms with Gasteiger partial charge in [-0.1, -0.05) is 12.1 Å². The van der Waals surface area contributed by atoms with Gasteiger partial charge in [0.1, 0.15) is 5.75 Å². The summed E-state index contributed by atoms with van der Waals surface area (Å²) in [6.45, 7) is 2.87. The Kier molecular flexibility index (Phi) is 5.58. The van der Waals surface area contributed by atoms with Crippen molar-refractivity contribution in [2.45, 2.75) is 18.8 Å². The largest absolute Gasteiger partial charge is 0.497 e. The highest BCUT2D eigenvalue weighted by Crippen LogP contribution is 2.26. The van der Waals surface area contributed by atoms with Crippen LogP contribution in [0.3, 0.4) is 0 Å². The van der Waals surface area contributed by atoms with Gasteiger partial charge in [0.25, 0.3) is 0 Å². The molecule has 0 radical (unpaired) electrons. The molecule has 6 nitrogen and oxygen atoms in total. The second kappa shape index (κ2) is 8.05.